The summed E-state index contributed by atoms with van der Waals surface area (Å²) in [6.07, 6.45) is 6.19. The molecule has 2 nitrogen and oxygen atoms in total. The third kappa shape index (κ3) is 9.83. The van der Waals surface area contributed by atoms with Gasteiger partial charge in [-0.05, 0) is 0 Å². The van der Waals surface area contributed by atoms with Crippen LogP contribution < -0.4 is 0 Å². The monoisotopic (exact) mass is 220 g/mol. The Morgan fingerprint density at radius 2 is 2.31 bits per heavy atom. The van der Waals surface area contributed by atoms with Crippen molar-refractivity contribution in [2.75, 3.05) is 6.54 Å². The first-order valence-electron chi connectivity index (χ1n) is 4.72. The summed E-state index contributed by atoms with van der Waals surface area (Å²) in [5.41, 5.74) is 0. The Labute approximate surface area is 87.5 Å². The van der Waals surface area contributed by atoms with Crippen LogP contribution in [0.3, 0.4) is 0 Å². The van der Waals surface area contributed by atoms with E-state index in [-0.39, 0.29) is 0 Å². The van der Waals surface area contributed by atoms with Crippen molar-refractivity contribution in [2.45, 2.75) is 37.3 Å². The van der Waals surface area contributed by atoms with Crippen LogP contribution in [0.2, 0.25) is 10.6 Å². The molecule has 0 aliphatic heterocycles. The molecular weight excluding hydrogens is 202 g/mol. The molecule has 0 aliphatic rings. The Morgan fingerprint density at radius 1 is 1.54 bits per heavy atom. The van der Waals surface area contributed by atoms with Gasteiger partial charge in [-0.25, -0.2) is 0 Å². The fourth-order valence-corrected chi connectivity index (χ4v) is 2.51. The molecule has 0 amide bonds. The molecule has 13 heavy (non-hydrogen) atoms. The van der Waals surface area contributed by atoms with Gasteiger partial charge in [0.2, 0.25) is 0 Å². The molecule has 1 unspecified atom stereocenters. The van der Waals surface area contributed by atoms with E-state index in [0.29, 0.717) is 6.54 Å². The number of nitrogens with zero attached hydrogens (tertiary/aromatic N) is 1. The van der Waals surface area contributed by atoms with Crippen LogP contribution >= 0.6 is 0 Å². The molecule has 0 aliphatic carbocycles. The second kappa shape index (κ2) is 10.00. The van der Waals surface area contributed by atoms with Crippen molar-refractivity contribution in [1.82, 2.24) is 0 Å². The predicted molar refractivity (Wildman–Crippen MR) is 51.0 cm³/mol. The minimum atomic E-state index is 0.667. The van der Waals surface area contributed by atoms with Crippen LogP contribution in [-0.2, 0) is 20.0 Å². The second-order valence-corrected chi connectivity index (χ2v) is 4.95. The van der Waals surface area contributed by atoms with Crippen LogP contribution in [0.5, 0.6) is 0 Å². The number of hydrogen-bond acceptors (Lipinski definition) is 2. The summed E-state index contributed by atoms with van der Waals surface area (Å²) in [5.74, 6) is 0.759. The summed E-state index contributed by atoms with van der Waals surface area (Å²) in [6, 6.07) is 0. The maximum absolute atomic E-state index is 9.73. The summed E-state index contributed by atoms with van der Waals surface area (Å²) in [6.45, 7) is 5.05. The topological polar surface area (TPSA) is 29.4 Å². The van der Waals surface area contributed by atoms with Gasteiger partial charge in [0, 0.05) is 0 Å². The Bertz CT molecular complexity index is 155. The number of rotatable bonds is 8. The Balaban J connectivity index is 3.03. The van der Waals surface area contributed by atoms with Gasteiger partial charge >= 0.3 is 87.2 Å². The fourth-order valence-electron chi connectivity index (χ4n) is 0.829. The molecule has 0 rings (SSSR count). The van der Waals surface area contributed by atoms with E-state index in [1.807, 2.05) is 0 Å². The van der Waals surface area contributed by atoms with Gasteiger partial charge < -0.3 is 0 Å². The van der Waals surface area contributed by atoms with Crippen molar-refractivity contribution in [3.8, 4) is 0 Å². The third-order valence-electron chi connectivity index (χ3n) is 1.91. The Kier molecular flexibility index (Phi) is 9.93. The molecule has 3 heteroatoms. The molecule has 0 saturated heterocycles. The zero-order valence-corrected chi connectivity index (χ0v) is 9.73. The third-order valence-corrected chi connectivity index (χ3v) is 3.63. The van der Waals surface area contributed by atoms with Crippen molar-refractivity contribution in [3.63, 3.8) is 0 Å². The number of isocyanates is 1. The minimum absolute atomic E-state index is 0.667. The van der Waals surface area contributed by atoms with Gasteiger partial charge in [-0.15, -0.1) is 0 Å². The summed E-state index contributed by atoms with van der Waals surface area (Å²) in [5, 5.41) is 2.60. The number of aliphatic imine (C=N–C) groups is 1. The Morgan fingerprint density at radius 3 is 2.92 bits per heavy atom. The fraction of sp³-hybridized carbons (Fsp3) is 0.800. The normalized spacial score (nSPS) is 12.2. The SMILES string of the molecule is C[CH]C(C)C[CH2][Cr][CH2]CCN=C=O. The van der Waals surface area contributed by atoms with Gasteiger partial charge in [-0.1, -0.05) is 0 Å². The van der Waals surface area contributed by atoms with E-state index in [9.17, 15) is 4.79 Å². The molecule has 0 bridgehead atoms. The zero-order chi connectivity index (χ0) is 9.94. The van der Waals surface area contributed by atoms with E-state index in [2.05, 4.69) is 25.3 Å². The molecule has 0 fully saturated rings. The van der Waals surface area contributed by atoms with Crippen LogP contribution in [0, 0.1) is 12.3 Å². The van der Waals surface area contributed by atoms with E-state index in [4.69, 9.17) is 0 Å². The average molecular weight is 220 g/mol. The molecule has 0 N–H and O–H groups in total. The quantitative estimate of drug-likeness (QED) is 0.351. The molecule has 1 radical (unpaired) electrons. The first-order chi connectivity index (χ1) is 6.31. The van der Waals surface area contributed by atoms with E-state index in [1.54, 1.807) is 6.08 Å². The first kappa shape index (κ1) is 12.9. The predicted octanol–water partition coefficient (Wildman–Crippen LogP) is 2.88. The van der Waals surface area contributed by atoms with Gasteiger partial charge in [-0.2, -0.15) is 0 Å². The molecule has 0 aromatic heterocycles. The van der Waals surface area contributed by atoms with Gasteiger partial charge in [0.15, 0.2) is 0 Å². The van der Waals surface area contributed by atoms with Crippen LogP contribution in [0.25, 0.3) is 0 Å². The van der Waals surface area contributed by atoms with Crippen molar-refractivity contribution in [1.29, 1.82) is 0 Å². The van der Waals surface area contributed by atoms with E-state index < -0.39 is 0 Å². The summed E-state index contributed by atoms with van der Waals surface area (Å²) >= 11 is 0.746. The molecule has 0 spiro atoms. The zero-order valence-electron chi connectivity index (χ0n) is 8.45. The van der Waals surface area contributed by atoms with E-state index in [0.717, 1.165) is 27.6 Å². The van der Waals surface area contributed by atoms with Gasteiger partial charge in [0.1, 0.15) is 0 Å². The van der Waals surface area contributed by atoms with Crippen molar-refractivity contribution in [3.05, 3.63) is 6.42 Å². The molecule has 1 atom stereocenters. The maximum atomic E-state index is 9.73. The molecule has 75 valence electrons. The van der Waals surface area contributed by atoms with Crippen LogP contribution in [0.1, 0.15) is 26.7 Å². The molecule has 0 aromatic rings. The number of hydrogen-bond donors (Lipinski definition) is 0. The summed E-state index contributed by atoms with van der Waals surface area (Å²) in [4.78, 5) is 13.3. The molecule has 0 aromatic carbocycles. The number of carbonyl (C=O) groups excluding carboxylic acids is 1. The van der Waals surface area contributed by atoms with Crippen LogP contribution in [0.15, 0.2) is 4.99 Å². The second-order valence-electron chi connectivity index (χ2n) is 3.04. The van der Waals surface area contributed by atoms with Crippen molar-refractivity contribution >= 4 is 6.08 Å². The van der Waals surface area contributed by atoms with Crippen LogP contribution in [0.4, 0.5) is 0 Å². The van der Waals surface area contributed by atoms with E-state index in [1.165, 1.54) is 17.0 Å². The first-order valence-corrected chi connectivity index (χ1v) is 6.52. The Hall–Kier alpha value is -0.0875. The van der Waals surface area contributed by atoms with E-state index >= 15 is 0 Å². The molecular formula is C10H18CrNO. The van der Waals surface area contributed by atoms with Crippen molar-refractivity contribution < 1.29 is 20.0 Å². The standard InChI is InChI=1S/C6H12.C4H6NO.Cr/c1-4-6(3)5-2;1-2-3-5-4-6;/h5-6H,1,4H2,2-3H3;1-3H2;. The van der Waals surface area contributed by atoms with Gasteiger partial charge in [-0.3, -0.25) is 0 Å². The van der Waals surface area contributed by atoms with Gasteiger partial charge in [0.25, 0.3) is 0 Å². The van der Waals surface area contributed by atoms with Crippen molar-refractivity contribution in [2.24, 2.45) is 10.9 Å². The molecule has 0 heterocycles. The average Bonchev–Trinajstić information content (AvgIpc) is 2.16. The van der Waals surface area contributed by atoms with Crippen LogP contribution in [-0.4, -0.2) is 12.6 Å². The molecule has 0 saturated carbocycles. The van der Waals surface area contributed by atoms with Gasteiger partial charge in [0.05, 0.1) is 0 Å². The summed E-state index contributed by atoms with van der Waals surface area (Å²) < 4.78 is 0. The summed E-state index contributed by atoms with van der Waals surface area (Å²) in [7, 11) is 0.